The normalized spacial score (nSPS) is 18.6. The largest absolute Gasteiger partial charge is 0.336 e. The molecule has 0 radical (unpaired) electrons. The molecular formula is C29H33FN2O. The molecule has 1 aliphatic heterocycles. The van der Waals surface area contributed by atoms with Crippen LogP contribution in [-0.2, 0) is 6.54 Å². The minimum atomic E-state index is -0.156. The van der Waals surface area contributed by atoms with Gasteiger partial charge in [0.25, 0.3) is 5.91 Å². The first kappa shape index (κ1) is 23.2. The van der Waals surface area contributed by atoms with Gasteiger partial charge in [-0.15, -0.1) is 0 Å². The van der Waals surface area contributed by atoms with Crippen molar-refractivity contribution in [3.63, 3.8) is 0 Å². The second-order valence-electron chi connectivity index (χ2n) is 9.43. The van der Waals surface area contributed by atoms with E-state index in [4.69, 9.17) is 0 Å². The molecule has 0 unspecified atom stereocenters. The van der Waals surface area contributed by atoms with E-state index >= 15 is 0 Å². The van der Waals surface area contributed by atoms with Crippen LogP contribution < -0.4 is 0 Å². The number of nitrogens with zero attached hydrogens (tertiary/aromatic N) is 2. The molecule has 0 bridgehead atoms. The van der Waals surface area contributed by atoms with E-state index in [1.165, 1.54) is 17.2 Å². The van der Waals surface area contributed by atoms with Crippen LogP contribution in [0.3, 0.4) is 0 Å². The fourth-order valence-corrected chi connectivity index (χ4v) is 5.02. The lowest BCUT2D eigenvalue weighted by Gasteiger charge is -2.32. The molecule has 0 aliphatic carbocycles. The number of hydrogen-bond acceptors (Lipinski definition) is 2. The van der Waals surface area contributed by atoms with E-state index in [9.17, 15) is 9.18 Å². The summed E-state index contributed by atoms with van der Waals surface area (Å²) >= 11 is 0. The summed E-state index contributed by atoms with van der Waals surface area (Å²) in [5.74, 6) is 0.480. The molecule has 0 saturated carbocycles. The number of likely N-dealkylation sites (tertiary alicyclic amines) is 1. The summed E-state index contributed by atoms with van der Waals surface area (Å²) in [4.78, 5) is 17.7. The number of hydrogen-bond donors (Lipinski definition) is 0. The summed E-state index contributed by atoms with van der Waals surface area (Å²) < 4.78 is 14.4. The Morgan fingerprint density at radius 1 is 0.970 bits per heavy atom. The molecule has 2 atom stereocenters. The number of rotatable bonds is 7. The van der Waals surface area contributed by atoms with Gasteiger partial charge in [-0.3, -0.25) is 9.69 Å². The molecule has 0 spiro atoms. The van der Waals surface area contributed by atoms with Gasteiger partial charge in [0.05, 0.1) is 0 Å². The third-order valence-electron chi connectivity index (χ3n) is 6.79. The predicted molar refractivity (Wildman–Crippen MR) is 132 cm³/mol. The van der Waals surface area contributed by atoms with Crippen LogP contribution in [-0.4, -0.2) is 41.4 Å². The maximum atomic E-state index is 14.4. The van der Waals surface area contributed by atoms with Gasteiger partial charge < -0.3 is 4.90 Å². The molecule has 33 heavy (non-hydrogen) atoms. The topological polar surface area (TPSA) is 23.6 Å². The number of carbonyl (C=O) groups excluding carboxylic acids is 1. The smallest absolute Gasteiger partial charge is 0.254 e. The highest BCUT2D eigenvalue weighted by Crippen LogP contribution is 2.36. The van der Waals surface area contributed by atoms with Crippen molar-refractivity contribution in [3.8, 4) is 0 Å². The molecule has 1 saturated heterocycles. The molecule has 1 heterocycles. The highest BCUT2D eigenvalue weighted by Gasteiger charge is 2.37. The lowest BCUT2D eigenvalue weighted by Crippen LogP contribution is -2.42. The van der Waals surface area contributed by atoms with E-state index in [-0.39, 0.29) is 23.7 Å². The molecule has 3 aromatic rings. The molecule has 0 aromatic heterocycles. The van der Waals surface area contributed by atoms with Crippen LogP contribution in [0.15, 0.2) is 78.9 Å². The van der Waals surface area contributed by atoms with Crippen LogP contribution in [0.4, 0.5) is 4.39 Å². The van der Waals surface area contributed by atoms with Crippen molar-refractivity contribution < 1.29 is 9.18 Å². The molecule has 172 valence electrons. The lowest BCUT2D eigenvalue weighted by molar-refractivity contribution is 0.0668. The van der Waals surface area contributed by atoms with Crippen molar-refractivity contribution in [1.82, 2.24) is 9.80 Å². The number of amides is 1. The number of halogens is 1. The Morgan fingerprint density at radius 3 is 2.33 bits per heavy atom. The highest BCUT2D eigenvalue weighted by atomic mass is 19.1. The van der Waals surface area contributed by atoms with Gasteiger partial charge in [-0.05, 0) is 56.0 Å². The molecule has 0 N–H and O–H groups in total. The summed E-state index contributed by atoms with van der Waals surface area (Å²) in [5, 5.41) is 0. The number of benzene rings is 3. The van der Waals surface area contributed by atoms with E-state index in [0.717, 1.165) is 24.2 Å². The van der Waals surface area contributed by atoms with E-state index in [0.29, 0.717) is 19.0 Å². The van der Waals surface area contributed by atoms with E-state index < -0.39 is 0 Å². The first-order valence-corrected chi connectivity index (χ1v) is 11.8. The molecule has 4 heteroatoms. The first-order chi connectivity index (χ1) is 15.9. The summed E-state index contributed by atoms with van der Waals surface area (Å²) in [5.41, 5.74) is 4.04. The zero-order chi connectivity index (χ0) is 23.4. The Hall–Kier alpha value is -2.98. The summed E-state index contributed by atoms with van der Waals surface area (Å²) in [6.07, 6.45) is 0. The predicted octanol–water partition coefficient (Wildman–Crippen LogP) is 5.90. The van der Waals surface area contributed by atoms with Crippen molar-refractivity contribution in [1.29, 1.82) is 0 Å². The molecule has 1 amide bonds. The quantitative estimate of drug-likeness (QED) is 0.453. The van der Waals surface area contributed by atoms with E-state index in [1.54, 1.807) is 6.07 Å². The van der Waals surface area contributed by atoms with Gasteiger partial charge in [0.15, 0.2) is 0 Å². The Labute approximate surface area is 196 Å². The first-order valence-electron chi connectivity index (χ1n) is 11.8. The van der Waals surface area contributed by atoms with E-state index in [1.807, 2.05) is 47.4 Å². The zero-order valence-corrected chi connectivity index (χ0v) is 19.7. The summed E-state index contributed by atoms with van der Waals surface area (Å²) in [6, 6.07) is 25.2. The van der Waals surface area contributed by atoms with Crippen LogP contribution in [0, 0.1) is 18.7 Å². The van der Waals surface area contributed by atoms with E-state index in [2.05, 4.69) is 49.9 Å². The Kier molecular flexibility index (Phi) is 7.24. The maximum Gasteiger partial charge on any atom is 0.254 e. The summed E-state index contributed by atoms with van der Waals surface area (Å²) in [7, 11) is 0. The molecule has 1 aliphatic rings. The second-order valence-corrected chi connectivity index (χ2v) is 9.43. The number of aryl methyl sites for hydroxylation is 1. The maximum absolute atomic E-state index is 14.4. The molecule has 3 nitrogen and oxygen atoms in total. The Bertz CT molecular complexity index is 1080. The number of carbonyl (C=O) groups is 1. The van der Waals surface area contributed by atoms with Gasteiger partial charge in [-0.25, -0.2) is 4.39 Å². The second kappa shape index (κ2) is 10.3. The van der Waals surface area contributed by atoms with Gasteiger partial charge in [-0.2, -0.15) is 0 Å². The molecule has 3 aromatic carbocycles. The van der Waals surface area contributed by atoms with Crippen LogP contribution in [0.1, 0.15) is 46.8 Å². The summed E-state index contributed by atoms with van der Waals surface area (Å²) in [6.45, 7) is 9.26. The molecular weight excluding hydrogens is 411 g/mol. The van der Waals surface area contributed by atoms with Crippen molar-refractivity contribution in [3.05, 3.63) is 107 Å². The Morgan fingerprint density at radius 2 is 1.64 bits per heavy atom. The minimum Gasteiger partial charge on any atom is -0.336 e. The van der Waals surface area contributed by atoms with Crippen LogP contribution in [0.5, 0.6) is 0 Å². The Balaban J connectivity index is 1.60. The third kappa shape index (κ3) is 5.33. The van der Waals surface area contributed by atoms with Crippen LogP contribution >= 0.6 is 0 Å². The lowest BCUT2D eigenvalue weighted by atomic mass is 9.86. The fraction of sp³-hybridized carbons (Fsp3) is 0.345. The van der Waals surface area contributed by atoms with Gasteiger partial charge >= 0.3 is 0 Å². The van der Waals surface area contributed by atoms with Gasteiger partial charge in [0.2, 0.25) is 0 Å². The monoisotopic (exact) mass is 444 g/mol. The zero-order valence-electron chi connectivity index (χ0n) is 19.7. The molecule has 4 rings (SSSR count). The highest BCUT2D eigenvalue weighted by molar-refractivity contribution is 5.94. The van der Waals surface area contributed by atoms with Crippen molar-refractivity contribution in [2.24, 2.45) is 5.92 Å². The van der Waals surface area contributed by atoms with Crippen LogP contribution in [0.25, 0.3) is 0 Å². The SMILES string of the molecule is Cc1ccccc1[C@@H]1CN(Cc2ccccc2F)C[C@@H]1CN(C(=O)c1ccccc1)C(C)C. The average molecular weight is 445 g/mol. The third-order valence-corrected chi connectivity index (χ3v) is 6.79. The van der Waals surface area contributed by atoms with Gasteiger partial charge in [0.1, 0.15) is 5.82 Å². The minimum absolute atomic E-state index is 0.0710. The molecule has 1 fully saturated rings. The van der Waals surface area contributed by atoms with Crippen molar-refractivity contribution in [2.75, 3.05) is 19.6 Å². The van der Waals surface area contributed by atoms with Crippen LogP contribution in [0.2, 0.25) is 0 Å². The fourth-order valence-electron chi connectivity index (χ4n) is 5.02. The van der Waals surface area contributed by atoms with Crippen molar-refractivity contribution >= 4 is 5.91 Å². The van der Waals surface area contributed by atoms with Crippen molar-refractivity contribution in [2.45, 2.75) is 39.3 Å². The average Bonchev–Trinajstić information content (AvgIpc) is 3.21. The van der Waals surface area contributed by atoms with Gasteiger partial charge in [0, 0.05) is 49.3 Å². The van der Waals surface area contributed by atoms with Gasteiger partial charge in [-0.1, -0.05) is 60.7 Å². The standard InChI is InChI=1S/C29H33FN2O/c1-21(2)32(29(33)23-12-5-4-6-13-23)19-25-18-31(17-24-14-8-10-16-28(24)30)20-27(25)26-15-9-7-11-22(26)3/h4-16,21,25,27H,17-20H2,1-3H3/t25-,27-/m1/s1.